The molecule has 2 heterocycles. The Kier molecular flexibility index (Phi) is 4.87. The molecule has 1 aliphatic rings. The molecule has 2 aromatic rings. The Morgan fingerprint density at radius 3 is 2.95 bits per heavy atom. The van der Waals surface area contributed by atoms with E-state index in [0.717, 1.165) is 48.2 Å². The van der Waals surface area contributed by atoms with Crippen LogP contribution in [-0.2, 0) is 11.3 Å². The van der Waals surface area contributed by atoms with Gasteiger partial charge in [-0.2, -0.15) is 0 Å². The molecule has 1 aromatic heterocycles. The lowest BCUT2D eigenvalue weighted by molar-refractivity contribution is 0.0213. The molecule has 2 N–H and O–H groups in total. The van der Waals surface area contributed by atoms with Crippen molar-refractivity contribution in [3.8, 4) is 0 Å². The molecule has 1 saturated heterocycles. The number of hydrogen-bond acceptors (Lipinski definition) is 5. The standard InChI is InChI=1S/C17H22N2O3/c20-8-9-22-15-5-3-7-19(11-15)17-14(12-21)10-13-4-1-2-6-16(13)18-17/h1-2,4,6,10,15,20-21H,3,5,7-9,11-12H2/t15-/m0/s1. The Labute approximate surface area is 130 Å². The summed E-state index contributed by atoms with van der Waals surface area (Å²) >= 11 is 0. The van der Waals surface area contributed by atoms with E-state index in [2.05, 4.69) is 4.90 Å². The molecule has 118 valence electrons. The molecule has 3 rings (SSSR count). The fourth-order valence-corrected chi connectivity index (χ4v) is 3.03. The Morgan fingerprint density at radius 1 is 1.27 bits per heavy atom. The van der Waals surface area contributed by atoms with Crippen LogP contribution in [0, 0.1) is 0 Å². The van der Waals surface area contributed by atoms with Gasteiger partial charge in [0.25, 0.3) is 0 Å². The van der Waals surface area contributed by atoms with E-state index in [1.807, 2.05) is 30.3 Å². The highest BCUT2D eigenvalue weighted by atomic mass is 16.5. The molecular weight excluding hydrogens is 280 g/mol. The van der Waals surface area contributed by atoms with Crippen molar-refractivity contribution >= 4 is 16.7 Å². The van der Waals surface area contributed by atoms with E-state index < -0.39 is 0 Å². The second-order valence-corrected chi connectivity index (χ2v) is 5.63. The number of rotatable bonds is 5. The third kappa shape index (κ3) is 3.21. The lowest BCUT2D eigenvalue weighted by Crippen LogP contribution is -2.41. The average molecular weight is 302 g/mol. The van der Waals surface area contributed by atoms with Crippen molar-refractivity contribution in [3.05, 3.63) is 35.9 Å². The number of aromatic nitrogens is 1. The van der Waals surface area contributed by atoms with Crippen molar-refractivity contribution in [3.63, 3.8) is 0 Å². The summed E-state index contributed by atoms with van der Waals surface area (Å²) < 4.78 is 5.66. The van der Waals surface area contributed by atoms with E-state index in [0.29, 0.717) is 6.61 Å². The number of benzene rings is 1. The van der Waals surface area contributed by atoms with E-state index in [-0.39, 0.29) is 19.3 Å². The van der Waals surface area contributed by atoms with Crippen LogP contribution in [0.25, 0.3) is 10.9 Å². The molecule has 0 spiro atoms. The number of fused-ring (bicyclic) bond motifs is 1. The van der Waals surface area contributed by atoms with Crippen LogP contribution < -0.4 is 4.90 Å². The van der Waals surface area contributed by atoms with Crippen LogP contribution in [0.5, 0.6) is 0 Å². The van der Waals surface area contributed by atoms with E-state index in [9.17, 15) is 5.11 Å². The van der Waals surface area contributed by atoms with Crippen LogP contribution in [0.15, 0.2) is 30.3 Å². The Morgan fingerprint density at radius 2 is 2.14 bits per heavy atom. The fraction of sp³-hybridized carbons (Fsp3) is 0.471. The van der Waals surface area contributed by atoms with Crippen LogP contribution in [-0.4, -0.2) is 47.6 Å². The van der Waals surface area contributed by atoms with Crippen LogP contribution in [0.2, 0.25) is 0 Å². The Hall–Kier alpha value is -1.69. The fourth-order valence-electron chi connectivity index (χ4n) is 3.03. The quantitative estimate of drug-likeness (QED) is 0.880. The Bertz CT molecular complexity index is 632. The number of para-hydroxylation sites is 1. The minimum atomic E-state index is -0.0220. The first-order chi connectivity index (χ1) is 10.8. The van der Waals surface area contributed by atoms with Gasteiger partial charge in [0.05, 0.1) is 31.4 Å². The maximum Gasteiger partial charge on any atom is 0.134 e. The molecule has 0 unspecified atom stereocenters. The van der Waals surface area contributed by atoms with Gasteiger partial charge in [0.1, 0.15) is 5.82 Å². The van der Waals surface area contributed by atoms with Crippen molar-refractivity contribution < 1.29 is 14.9 Å². The molecule has 1 fully saturated rings. The van der Waals surface area contributed by atoms with Gasteiger partial charge in [0.15, 0.2) is 0 Å². The first-order valence-corrected chi connectivity index (χ1v) is 7.78. The van der Waals surface area contributed by atoms with Gasteiger partial charge in [-0.25, -0.2) is 4.98 Å². The Balaban J connectivity index is 1.87. The van der Waals surface area contributed by atoms with Gasteiger partial charge in [-0.1, -0.05) is 18.2 Å². The van der Waals surface area contributed by atoms with Crippen molar-refractivity contribution in [2.24, 2.45) is 0 Å². The number of ether oxygens (including phenoxy) is 1. The van der Waals surface area contributed by atoms with Crippen molar-refractivity contribution in [1.29, 1.82) is 0 Å². The van der Waals surface area contributed by atoms with Gasteiger partial charge in [0, 0.05) is 24.0 Å². The van der Waals surface area contributed by atoms with E-state index in [1.165, 1.54) is 0 Å². The highest BCUT2D eigenvalue weighted by molar-refractivity contribution is 5.81. The molecular formula is C17H22N2O3. The highest BCUT2D eigenvalue weighted by Gasteiger charge is 2.23. The number of anilines is 1. The van der Waals surface area contributed by atoms with Gasteiger partial charge in [0.2, 0.25) is 0 Å². The molecule has 0 saturated carbocycles. The molecule has 1 atom stereocenters. The minimum Gasteiger partial charge on any atom is -0.394 e. The first-order valence-electron chi connectivity index (χ1n) is 7.78. The number of nitrogens with zero attached hydrogens (tertiary/aromatic N) is 2. The predicted octanol–water partition coefficient (Wildman–Crippen LogP) is 1.70. The van der Waals surface area contributed by atoms with Crippen LogP contribution in [0.4, 0.5) is 5.82 Å². The summed E-state index contributed by atoms with van der Waals surface area (Å²) in [5.41, 5.74) is 1.79. The van der Waals surface area contributed by atoms with Gasteiger partial charge in [-0.05, 0) is 25.0 Å². The van der Waals surface area contributed by atoms with E-state index in [4.69, 9.17) is 14.8 Å². The summed E-state index contributed by atoms with van der Waals surface area (Å²) in [7, 11) is 0. The van der Waals surface area contributed by atoms with Crippen molar-refractivity contribution in [1.82, 2.24) is 4.98 Å². The summed E-state index contributed by atoms with van der Waals surface area (Å²) in [5, 5.41) is 19.6. The number of aliphatic hydroxyl groups excluding tert-OH is 2. The highest BCUT2D eigenvalue weighted by Crippen LogP contribution is 2.27. The molecule has 1 aromatic carbocycles. The molecule has 5 heteroatoms. The van der Waals surface area contributed by atoms with E-state index >= 15 is 0 Å². The molecule has 0 amide bonds. The monoisotopic (exact) mass is 302 g/mol. The zero-order valence-corrected chi connectivity index (χ0v) is 12.6. The SMILES string of the molecule is OCCO[C@H]1CCCN(c2nc3ccccc3cc2CO)C1. The molecule has 1 aliphatic heterocycles. The largest absolute Gasteiger partial charge is 0.394 e. The summed E-state index contributed by atoms with van der Waals surface area (Å²) in [6.45, 7) is 2.06. The number of pyridine rings is 1. The normalized spacial score (nSPS) is 18.8. The number of hydrogen-bond donors (Lipinski definition) is 2. The molecule has 5 nitrogen and oxygen atoms in total. The minimum absolute atomic E-state index is 0.0220. The third-order valence-corrected chi connectivity index (χ3v) is 4.07. The maximum absolute atomic E-state index is 9.68. The lowest BCUT2D eigenvalue weighted by Gasteiger charge is -2.34. The molecule has 22 heavy (non-hydrogen) atoms. The first kappa shape index (κ1) is 15.2. The zero-order valence-electron chi connectivity index (χ0n) is 12.6. The van der Waals surface area contributed by atoms with Crippen LogP contribution in [0.1, 0.15) is 18.4 Å². The van der Waals surface area contributed by atoms with Crippen LogP contribution in [0.3, 0.4) is 0 Å². The summed E-state index contributed by atoms with van der Waals surface area (Å²) in [6.07, 6.45) is 2.13. The second kappa shape index (κ2) is 7.05. The molecule has 0 aliphatic carbocycles. The molecule has 0 bridgehead atoms. The van der Waals surface area contributed by atoms with Gasteiger partial charge in [-0.15, -0.1) is 0 Å². The average Bonchev–Trinajstić information content (AvgIpc) is 2.59. The maximum atomic E-state index is 9.68. The lowest BCUT2D eigenvalue weighted by atomic mass is 10.1. The molecule has 0 radical (unpaired) electrons. The number of aliphatic hydroxyl groups is 2. The summed E-state index contributed by atoms with van der Waals surface area (Å²) in [4.78, 5) is 6.93. The van der Waals surface area contributed by atoms with Gasteiger partial charge >= 0.3 is 0 Å². The third-order valence-electron chi connectivity index (χ3n) is 4.07. The van der Waals surface area contributed by atoms with Crippen molar-refractivity contribution in [2.75, 3.05) is 31.2 Å². The predicted molar refractivity (Wildman–Crippen MR) is 85.9 cm³/mol. The summed E-state index contributed by atoms with van der Waals surface area (Å²) in [6, 6.07) is 9.96. The zero-order chi connectivity index (χ0) is 15.4. The van der Waals surface area contributed by atoms with Gasteiger partial charge in [-0.3, -0.25) is 0 Å². The topological polar surface area (TPSA) is 65.8 Å². The van der Waals surface area contributed by atoms with Gasteiger partial charge < -0.3 is 19.8 Å². The van der Waals surface area contributed by atoms with Crippen molar-refractivity contribution in [2.45, 2.75) is 25.6 Å². The van der Waals surface area contributed by atoms with E-state index in [1.54, 1.807) is 0 Å². The number of piperidine rings is 1. The second-order valence-electron chi connectivity index (χ2n) is 5.63. The van der Waals surface area contributed by atoms with Crippen LogP contribution >= 0.6 is 0 Å². The smallest absolute Gasteiger partial charge is 0.134 e. The summed E-state index contributed by atoms with van der Waals surface area (Å²) in [5.74, 6) is 0.846.